The molecule has 0 saturated carbocycles. The molecule has 0 aromatic carbocycles. The molecule has 0 radical (unpaired) electrons. The van der Waals surface area contributed by atoms with Crippen LogP contribution in [0.4, 0.5) is 0 Å². The molecule has 0 amide bonds. The van der Waals surface area contributed by atoms with E-state index >= 15 is 0 Å². The summed E-state index contributed by atoms with van der Waals surface area (Å²) in [6, 6.07) is 0. The smallest absolute Gasteiger partial charge is 0.317 e. The molecule has 244 valence electrons. The van der Waals surface area contributed by atoms with Crippen molar-refractivity contribution >= 4 is 11.9 Å². The molecule has 0 N–H and O–H groups in total. The summed E-state index contributed by atoms with van der Waals surface area (Å²) < 4.78 is 11.9. The Morgan fingerprint density at radius 2 is 0.659 bits per heavy atom. The summed E-state index contributed by atoms with van der Waals surface area (Å²) in [5, 5.41) is 0. The lowest BCUT2D eigenvalue weighted by Gasteiger charge is -2.31. The van der Waals surface area contributed by atoms with E-state index < -0.39 is 23.1 Å². The van der Waals surface area contributed by atoms with Crippen molar-refractivity contribution in [3.8, 4) is 0 Å². The molecular weight excluding hydrogens is 508 g/mol. The highest BCUT2D eigenvalue weighted by Crippen LogP contribution is 2.28. The fraction of sp³-hybridized carbons (Fsp3) is 0.946. The van der Waals surface area contributed by atoms with Gasteiger partial charge < -0.3 is 9.47 Å². The number of esters is 2. The molecule has 0 heterocycles. The fourth-order valence-corrected chi connectivity index (χ4v) is 6.22. The van der Waals surface area contributed by atoms with Gasteiger partial charge in [-0.05, 0) is 52.4 Å². The minimum Gasteiger partial charge on any atom is -0.459 e. The number of hydrogen-bond acceptors (Lipinski definition) is 4. The molecule has 0 aliphatic carbocycles. The van der Waals surface area contributed by atoms with Crippen LogP contribution in [0.15, 0.2) is 0 Å². The minimum absolute atomic E-state index is 0.283. The van der Waals surface area contributed by atoms with Gasteiger partial charge in [-0.3, -0.25) is 9.59 Å². The van der Waals surface area contributed by atoms with Crippen LogP contribution in [0.25, 0.3) is 0 Å². The van der Waals surface area contributed by atoms with Gasteiger partial charge in [-0.1, -0.05) is 156 Å². The van der Waals surface area contributed by atoms with E-state index in [-0.39, 0.29) is 6.42 Å². The third kappa shape index (κ3) is 24.1. The highest BCUT2D eigenvalue weighted by molar-refractivity contribution is 5.91. The molecule has 4 nitrogen and oxygen atoms in total. The van der Waals surface area contributed by atoms with E-state index in [9.17, 15) is 9.59 Å². The standard InChI is InChI=1S/C37H72O4/c1-7-11-13-15-17-19-21-23-25-27-31-36(5,29-9-3)40-34(38)33-35(39)41-37(6,30-10-4)32-28-26-24-22-20-18-16-14-12-8-2/h7-33H2,1-6H3. The largest absolute Gasteiger partial charge is 0.459 e. The van der Waals surface area contributed by atoms with Gasteiger partial charge in [0.05, 0.1) is 0 Å². The van der Waals surface area contributed by atoms with Crippen LogP contribution in [0.2, 0.25) is 0 Å². The van der Waals surface area contributed by atoms with Crippen molar-refractivity contribution in [2.24, 2.45) is 0 Å². The van der Waals surface area contributed by atoms with Crippen molar-refractivity contribution in [3.05, 3.63) is 0 Å². The second-order valence-electron chi connectivity index (χ2n) is 13.4. The Kier molecular flexibility index (Phi) is 25.9. The summed E-state index contributed by atoms with van der Waals surface area (Å²) in [4.78, 5) is 25.6. The summed E-state index contributed by atoms with van der Waals surface area (Å²) in [6.07, 6.45) is 30.9. The number of unbranched alkanes of at least 4 members (excludes halogenated alkanes) is 18. The number of carbonyl (C=O) groups is 2. The van der Waals surface area contributed by atoms with Crippen LogP contribution in [0, 0.1) is 0 Å². The summed E-state index contributed by atoms with van der Waals surface area (Å²) in [7, 11) is 0. The zero-order valence-electron chi connectivity index (χ0n) is 28.7. The van der Waals surface area contributed by atoms with Crippen molar-refractivity contribution in [1.82, 2.24) is 0 Å². The lowest BCUT2D eigenvalue weighted by molar-refractivity contribution is -0.171. The first-order valence-corrected chi connectivity index (χ1v) is 18.2. The van der Waals surface area contributed by atoms with Gasteiger partial charge in [-0.25, -0.2) is 0 Å². The zero-order valence-corrected chi connectivity index (χ0v) is 28.7. The molecule has 4 heteroatoms. The maximum Gasteiger partial charge on any atom is 0.317 e. The summed E-state index contributed by atoms with van der Waals surface area (Å²) >= 11 is 0. The van der Waals surface area contributed by atoms with E-state index in [1.165, 1.54) is 116 Å². The molecule has 0 aliphatic rings. The molecule has 0 spiro atoms. The van der Waals surface area contributed by atoms with Crippen LogP contribution in [0.5, 0.6) is 0 Å². The van der Waals surface area contributed by atoms with Crippen LogP contribution in [0.3, 0.4) is 0 Å². The highest BCUT2D eigenvalue weighted by atomic mass is 16.6. The molecular formula is C37H72O4. The van der Waals surface area contributed by atoms with Gasteiger partial charge in [0.2, 0.25) is 0 Å². The van der Waals surface area contributed by atoms with Crippen molar-refractivity contribution in [2.75, 3.05) is 0 Å². The lowest BCUT2D eigenvalue weighted by Crippen LogP contribution is -2.35. The van der Waals surface area contributed by atoms with Gasteiger partial charge in [0.15, 0.2) is 0 Å². The predicted molar refractivity (Wildman–Crippen MR) is 176 cm³/mol. The molecule has 0 saturated heterocycles. The van der Waals surface area contributed by atoms with Gasteiger partial charge in [0.1, 0.15) is 17.6 Å². The number of carbonyl (C=O) groups excluding carboxylic acids is 2. The Labute approximate surface area is 256 Å². The number of rotatable bonds is 30. The minimum atomic E-state index is -0.491. The average Bonchev–Trinajstić information content (AvgIpc) is 2.90. The fourth-order valence-electron chi connectivity index (χ4n) is 6.22. The van der Waals surface area contributed by atoms with E-state index in [4.69, 9.17) is 9.47 Å². The van der Waals surface area contributed by atoms with E-state index in [0.29, 0.717) is 0 Å². The first-order valence-electron chi connectivity index (χ1n) is 18.2. The first-order chi connectivity index (χ1) is 19.7. The van der Waals surface area contributed by atoms with Gasteiger partial charge in [0, 0.05) is 0 Å². The van der Waals surface area contributed by atoms with Crippen molar-refractivity contribution in [1.29, 1.82) is 0 Å². The maximum atomic E-state index is 12.8. The Bertz CT molecular complexity index is 566. The van der Waals surface area contributed by atoms with E-state index in [0.717, 1.165) is 51.4 Å². The maximum absolute atomic E-state index is 12.8. The number of ether oxygens (including phenoxy) is 2. The molecule has 0 aromatic heterocycles. The third-order valence-electron chi connectivity index (χ3n) is 8.69. The molecule has 0 rings (SSSR count). The predicted octanol–water partition coefficient (Wildman–Crippen LogP) is 12.2. The Hall–Kier alpha value is -1.06. The van der Waals surface area contributed by atoms with Crippen LogP contribution in [-0.4, -0.2) is 23.1 Å². The SMILES string of the molecule is CCCCCCCCCCCCC(C)(CCC)OC(=O)CC(=O)OC(C)(CCC)CCCCCCCCCCCC. The zero-order chi connectivity index (χ0) is 30.7. The molecule has 0 aromatic rings. The van der Waals surface area contributed by atoms with Gasteiger partial charge in [0.25, 0.3) is 0 Å². The number of hydrogen-bond donors (Lipinski definition) is 0. The van der Waals surface area contributed by atoms with Gasteiger partial charge >= 0.3 is 11.9 Å². The van der Waals surface area contributed by atoms with E-state index in [1.807, 2.05) is 13.8 Å². The summed E-state index contributed by atoms with van der Waals surface area (Å²) in [5.74, 6) is -0.869. The van der Waals surface area contributed by atoms with Gasteiger partial charge in [-0.15, -0.1) is 0 Å². The van der Waals surface area contributed by atoms with Crippen LogP contribution < -0.4 is 0 Å². The Morgan fingerprint density at radius 1 is 0.390 bits per heavy atom. The molecule has 0 fully saturated rings. The molecule has 0 aliphatic heterocycles. The quantitative estimate of drug-likeness (QED) is 0.0481. The average molecular weight is 581 g/mol. The van der Waals surface area contributed by atoms with Crippen LogP contribution >= 0.6 is 0 Å². The van der Waals surface area contributed by atoms with Crippen LogP contribution in [-0.2, 0) is 19.1 Å². The van der Waals surface area contributed by atoms with Gasteiger partial charge in [-0.2, -0.15) is 0 Å². The highest BCUT2D eigenvalue weighted by Gasteiger charge is 2.31. The Morgan fingerprint density at radius 3 is 0.927 bits per heavy atom. The normalized spacial score (nSPS) is 14.4. The molecule has 2 unspecified atom stereocenters. The molecule has 0 bridgehead atoms. The first kappa shape index (κ1) is 39.9. The molecule has 41 heavy (non-hydrogen) atoms. The summed E-state index contributed by atoms with van der Waals surface area (Å²) in [6.45, 7) is 12.9. The van der Waals surface area contributed by atoms with E-state index in [2.05, 4.69) is 27.7 Å². The second-order valence-corrected chi connectivity index (χ2v) is 13.4. The third-order valence-corrected chi connectivity index (χ3v) is 8.69. The van der Waals surface area contributed by atoms with E-state index in [1.54, 1.807) is 0 Å². The lowest BCUT2D eigenvalue weighted by atomic mass is 9.92. The summed E-state index contributed by atoms with van der Waals surface area (Å²) in [5.41, 5.74) is -0.982. The monoisotopic (exact) mass is 581 g/mol. The topological polar surface area (TPSA) is 52.6 Å². The van der Waals surface area contributed by atoms with Crippen molar-refractivity contribution in [2.45, 2.75) is 226 Å². The molecule has 2 atom stereocenters. The van der Waals surface area contributed by atoms with Crippen LogP contribution in [0.1, 0.15) is 215 Å². The Balaban J connectivity index is 4.37. The van der Waals surface area contributed by atoms with Crippen molar-refractivity contribution < 1.29 is 19.1 Å². The second kappa shape index (κ2) is 26.6. The van der Waals surface area contributed by atoms with Crippen molar-refractivity contribution in [3.63, 3.8) is 0 Å².